The van der Waals surface area contributed by atoms with Gasteiger partial charge in [0.2, 0.25) is 0 Å². The van der Waals surface area contributed by atoms with Gasteiger partial charge in [0.15, 0.2) is 5.82 Å². The van der Waals surface area contributed by atoms with Gasteiger partial charge in [-0.2, -0.15) is 0 Å². The molecule has 0 saturated carbocycles. The SMILES string of the molecule is CC.c1ccc(-c2ncccn2)cc1. The molecular formula is C12H14N2. The van der Waals surface area contributed by atoms with Crippen molar-refractivity contribution >= 4 is 0 Å². The van der Waals surface area contributed by atoms with Crippen molar-refractivity contribution in [2.75, 3.05) is 0 Å². The molecule has 0 aliphatic rings. The van der Waals surface area contributed by atoms with Crippen LogP contribution in [0.2, 0.25) is 0 Å². The lowest BCUT2D eigenvalue weighted by atomic mass is 10.2. The van der Waals surface area contributed by atoms with Crippen molar-refractivity contribution in [3.8, 4) is 11.4 Å². The molecule has 2 aromatic rings. The third kappa shape index (κ3) is 2.66. The molecule has 0 aliphatic heterocycles. The molecule has 2 rings (SSSR count). The molecule has 1 aromatic heterocycles. The Morgan fingerprint density at radius 2 is 1.36 bits per heavy atom. The summed E-state index contributed by atoms with van der Waals surface area (Å²) >= 11 is 0. The lowest BCUT2D eigenvalue weighted by Crippen LogP contribution is -1.84. The number of aromatic nitrogens is 2. The second-order valence-electron chi connectivity index (χ2n) is 2.44. The van der Waals surface area contributed by atoms with Gasteiger partial charge in [0, 0.05) is 18.0 Å². The predicted molar refractivity (Wildman–Crippen MR) is 58.8 cm³/mol. The number of benzene rings is 1. The number of hydrogen-bond donors (Lipinski definition) is 0. The predicted octanol–water partition coefficient (Wildman–Crippen LogP) is 3.17. The molecule has 0 radical (unpaired) electrons. The monoisotopic (exact) mass is 186 g/mol. The minimum Gasteiger partial charge on any atom is -0.237 e. The summed E-state index contributed by atoms with van der Waals surface area (Å²) in [5.74, 6) is 0.776. The van der Waals surface area contributed by atoms with Crippen LogP contribution in [-0.4, -0.2) is 9.97 Å². The van der Waals surface area contributed by atoms with Crippen LogP contribution in [0, 0.1) is 0 Å². The first-order valence-electron chi connectivity index (χ1n) is 4.79. The van der Waals surface area contributed by atoms with Crippen LogP contribution in [0.1, 0.15) is 13.8 Å². The van der Waals surface area contributed by atoms with Crippen LogP contribution >= 0.6 is 0 Å². The van der Waals surface area contributed by atoms with Gasteiger partial charge in [-0.1, -0.05) is 44.2 Å². The summed E-state index contributed by atoms with van der Waals surface area (Å²) in [7, 11) is 0. The summed E-state index contributed by atoms with van der Waals surface area (Å²) in [6.45, 7) is 4.00. The number of nitrogens with zero attached hydrogens (tertiary/aromatic N) is 2. The lowest BCUT2D eigenvalue weighted by Gasteiger charge is -1.96. The van der Waals surface area contributed by atoms with E-state index in [-0.39, 0.29) is 0 Å². The standard InChI is InChI=1S/C10H8N2.C2H6/c1-2-5-9(6-3-1)10-11-7-4-8-12-10;1-2/h1-8H;1-2H3. The molecule has 0 spiro atoms. The summed E-state index contributed by atoms with van der Waals surface area (Å²) < 4.78 is 0. The molecule has 0 aliphatic carbocycles. The van der Waals surface area contributed by atoms with Crippen molar-refractivity contribution in [2.24, 2.45) is 0 Å². The van der Waals surface area contributed by atoms with Gasteiger partial charge < -0.3 is 0 Å². The Hall–Kier alpha value is -1.70. The van der Waals surface area contributed by atoms with Gasteiger partial charge in [-0.3, -0.25) is 0 Å². The van der Waals surface area contributed by atoms with Crippen molar-refractivity contribution in [3.05, 3.63) is 48.8 Å². The third-order valence-electron chi connectivity index (χ3n) is 1.60. The van der Waals surface area contributed by atoms with Gasteiger partial charge in [-0.05, 0) is 6.07 Å². The first kappa shape index (κ1) is 10.4. The molecule has 14 heavy (non-hydrogen) atoms. The van der Waals surface area contributed by atoms with E-state index in [4.69, 9.17) is 0 Å². The average Bonchev–Trinajstić information content (AvgIpc) is 2.34. The molecule has 0 N–H and O–H groups in total. The lowest BCUT2D eigenvalue weighted by molar-refractivity contribution is 1.18. The van der Waals surface area contributed by atoms with Crippen molar-refractivity contribution in [1.29, 1.82) is 0 Å². The van der Waals surface area contributed by atoms with Crippen LogP contribution in [-0.2, 0) is 0 Å². The van der Waals surface area contributed by atoms with Crippen LogP contribution in [0.5, 0.6) is 0 Å². The Morgan fingerprint density at radius 1 is 0.786 bits per heavy atom. The summed E-state index contributed by atoms with van der Waals surface area (Å²) in [4.78, 5) is 8.28. The molecule has 2 heteroatoms. The van der Waals surface area contributed by atoms with E-state index in [0.29, 0.717) is 0 Å². The van der Waals surface area contributed by atoms with Gasteiger partial charge in [0.25, 0.3) is 0 Å². The molecule has 1 aromatic carbocycles. The largest absolute Gasteiger partial charge is 0.237 e. The Kier molecular flexibility index (Phi) is 4.35. The zero-order valence-corrected chi connectivity index (χ0v) is 8.51. The van der Waals surface area contributed by atoms with Gasteiger partial charge >= 0.3 is 0 Å². The van der Waals surface area contributed by atoms with E-state index in [9.17, 15) is 0 Å². The Balaban J connectivity index is 0.000000461. The molecule has 0 atom stereocenters. The molecule has 72 valence electrons. The topological polar surface area (TPSA) is 25.8 Å². The van der Waals surface area contributed by atoms with E-state index in [1.807, 2.05) is 50.2 Å². The van der Waals surface area contributed by atoms with E-state index >= 15 is 0 Å². The van der Waals surface area contributed by atoms with Gasteiger partial charge in [-0.15, -0.1) is 0 Å². The Labute approximate surface area is 84.7 Å². The zero-order chi connectivity index (χ0) is 10.2. The summed E-state index contributed by atoms with van der Waals surface area (Å²) in [6, 6.07) is 11.7. The second kappa shape index (κ2) is 5.86. The fraction of sp³-hybridized carbons (Fsp3) is 0.167. The summed E-state index contributed by atoms with van der Waals surface area (Å²) in [6.07, 6.45) is 3.49. The summed E-state index contributed by atoms with van der Waals surface area (Å²) in [5, 5.41) is 0. The van der Waals surface area contributed by atoms with Crippen LogP contribution in [0.25, 0.3) is 11.4 Å². The minimum absolute atomic E-state index is 0.776. The fourth-order valence-electron chi connectivity index (χ4n) is 1.04. The molecular weight excluding hydrogens is 172 g/mol. The van der Waals surface area contributed by atoms with Crippen LogP contribution in [0.15, 0.2) is 48.8 Å². The average molecular weight is 186 g/mol. The van der Waals surface area contributed by atoms with E-state index in [1.165, 1.54) is 0 Å². The van der Waals surface area contributed by atoms with Gasteiger partial charge in [0.05, 0.1) is 0 Å². The molecule has 0 fully saturated rings. The third-order valence-corrected chi connectivity index (χ3v) is 1.60. The van der Waals surface area contributed by atoms with Gasteiger partial charge in [-0.25, -0.2) is 9.97 Å². The number of hydrogen-bond acceptors (Lipinski definition) is 2. The Morgan fingerprint density at radius 3 is 1.93 bits per heavy atom. The second-order valence-corrected chi connectivity index (χ2v) is 2.44. The highest BCUT2D eigenvalue weighted by Crippen LogP contribution is 2.11. The van der Waals surface area contributed by atoms with E-state index in [0.717, 1.165) is 11.4 Å². The number of rotatable bonds is 1. The summed E-state index contributed by atoms with van der Waals surface area (Å²) in [5.41, 5.74) is 1.05. The fourth-order valence-corrected chi connectivity index (χ4v) is 1.04. The van der Waals surface area contributed by atoms with Crippen molar-refractivity contribution in [2.45, 2.75) is 13.8 Å². The molecule has 0 bridgehead atoms. The van der Waals surface area contributed by atoms with E-state index in [2.05, 4.69) is 9.97 Å². The molecule has 2 nitrogen and oxygen atoms in total. The maximum atomic E-state index is 4.14. The minimum atomic E-state index is 0.776. The van der Waals surface area contributed by atoms with Gasteiger partial charge in [0.1, 0.15) is 0 Å². The van der Waals surface area contributed by atoms with Crippen LogP contribution < -0.4 is 0 Å². The van der Waals surface area contributed by atoms with Crippen LogP contribution in [0.4, 0.5) is 0 Å². The maximum absolute atomic E-state index is 4.14. The molecule has 0 unspecified atom stereocenters. The maximum Gasteiger partial charge on any atom is 0.159 e. The van der Waals surface area contributed by atoms with Crippen LogP contribution in [0.3, 0.4) is 0 Å². The first-order chi connectivity index (χ1) is 6.97. The first-order valence-corrected chi connectivity index (χ1v) is 4.79. The zero-order valence-electron chi connectivity index (χ0n) is 8.51. The normalized spacial score (nSPS) is 8.71. The highest BCUT2D eigenvalue weighted by Gasteiger charge is 1.95. The van der Waals surface area contributed by atoms with Crippen molar-refractivity contribution in [1.82, 2.24) is 9.97 Å². The highest BCUT2D eigenvalue weighted by molar-refractivity contribution is 5.53. The van der Waals surface area contributed by atoms with E-state index < -0.39 is 0 Å². The quantitative estimate of drug-likeness (QED) is 0.683. The molecule has 0 saturated heterocycles. The molecule has 1 heterocycles. The highest BCUT2D eigenvalue weighted by atomic mass is 14.8. The van der Waals surface area contributed by atoms with Crippen molar-refractivity contribution in [3.63, 3.8) is 0 Å². The smallest absolute Gasteiger partial charge is 0.159 e. The molecule has 0 amide bonds. The Bertz CT molecular complexity index is 306. The van der Waals surface area contributed by atoms with E-state index in [1.54, 1.807) is 12.4 Å². The van der Waals surface area contributed by atoms with Crippen molar-refractivity contribution < 1.29 is 0 Å².